The SMILES string of the molecule is CNCCNc1nc2nccc(/C(=N/O)Nc3ccc(F)c(Cl)c3)c2[nH]1. The van der Waals surface area contributed by atoms with E-state index >= 15 is 0 Å². The van der Waals surface area contributed by atoms with Crippen molar-refractivity contribution in [1.29, 1.82) is 0 Å². The fourth-order valence-corrected chi connectivity index (χ4v) is 2.54. The molecule has 0 fully saturated rings. The number of hydrogen-bond acceptors (Lipinski definition) is 6. The third-order valence-corrected chi connectivity index (χ3v) is 3.89. The van der Waals surface area contributed by atoms with Crippen molar-refractivity contribution in [2.75, 3.05) is 30.8 Å². The third kappa shape index (κ3) is 3.84. The van der Waals surface area contributed by atoms with E-state index in [1.807, 2.05) is 7.05 Å². The summed E-state index contributed by atoms with van der Waals surface area (Å²) >= 11 is 5.79. The van der Waals surface area contributed by atoms with Crippen LogP contribution in [0.5, 0.6) is 0 Å². The number of nitrogens with zero attached hydrogens (tertiary/aromatic N) is 3. The van der Waals surface area contributed by atoms with Gasteiger partial charge in [-0.2, -0.15) is 4.98 Å². The fourth-order valence-electron chi connectivity index (χ4n) is 2.35. The summed E-state index contributed by atoms with van der Waals surface area (Å²) in [5.41, 5.74) is 2.08. The van der Waals surface area contributed by atoms with Crippen molar-refractivity contribution >= 4 is 40.2 Å². The molecule has 26 heavy (non-hydrogen) atoms. The van der Waals surface area contributed by atoms with Crippen LogP contribution in [0.3, 0.4) is 0 Å². The van der Waals surface area contributed by atoms with E-state index in [4.69, 9.17) is 11.6 Å². The average molecular weight is 378 g/mol. The summed E-state index contributed by atoms with van der Waals surface area (Å²) in [7, 11) is 1.86. The van der Waals surface area contributed by atoms with E-state index in [1.165, 1.54) is 18.2 Å². The summed E-state index contributed by atoms with van der Waals surface area (Å²) in [5, 5.41) is 21.8. The monoisotopic (exact) mass is 377 g/mol. The Labute approximate surface area is 153 Å². The lowest BCUT2D eigenvalue weighted by Gasteiger charge is -2.09. The molecule has 0 aliphatic carbocycles. The molecule has 1 aromatic carbocycles. The summed E-state index contributed by atoms with van der Waals surface area (Å²) < 4.78 is 13.3. The van der Waals surface area contributed by atoms with Crippen LogP contribution in [0, 0.1) is 5.82 Å². The first-order valence-corrected chi connectivity index (χ1v) is 8.18. The Hall–Kier alpha value is -2.91. The molecule has 0 amide bonds. The van der Waals surface area contributed by atoms with Crippen molar-refractivity contribution in [1.82, 2.24) is 20.3 Å². The number of amidine groups is 1. The molecule has 0 atom stereocenters. The van der Waals surface area contributed by atoms with Crippen LogP contribution in [-0.2, 0) is 0 Å². The molecule has 5 N–H and O–H groups in total. The van der Waals surface area contributed by atoms with Crippen LogP contribution in [0.15, 0.2) is 35.6 Å². The number of anilines is 2. The number of imidazole rings is 1. The molecule has 3 rings (SSSR count). The Morgan fingerprint density at radius 3 is 2.92 bits per heavy atom. The second-order valence-corrected chi connectivity index (χ2v) is 5.78. The van der Waals surface area contributed by atoms with Crippen molar-refractivity contribution in [2.45, 2.75) is 0 Å². The Balaban J connectivity index is 1.90. The minimum atomic E-state index is -0.531. The second-order valence-electron chi connectivity index (χ2n) is 5.38. The Bertz CT molecular complexity index is 943. The number of rotatable bonds is 6. The lowest BCUT2D eigenvalue weighted by atomic mass is 10.2. The highest BCUT2D eigenvalue weighted by atomic mass is 35.5. The predicted octanol–water partition coefficient (Wildman–Crippen LogP) is 2.63. The van der Waals surface area contributed by atoms with Gasteiger partial charge in [0.05, 0.1) is 10.5 Å². The normalized spacial score (nSPS) is 11.7. The maximum Gasteiger partial charge on any atom is 0.202 e. The van der Waals surface area contributed by atoms with Gasteiger partial charge in [-0.1, -0.05) is 16.8 Å². The number of aromatic amines is 1. The van der Waals surface area contributed by atoms with Crippen molar-refractivity contribution < 1.29 is 9.60 Å². The van der Waals surface area contributed by atoms with Gasteiger partial charge in [0.15, 0.2) is 11.5 Å². The van der Waals surface area contributed by atoms with Crippen molar-refractivity contribution in [3.8, 4) is 0 Å². The van der Waals surface area contributed by atoms with E-state index in [0.29, 0.717) is 34.9 Å². The molecular formula is C16H17ClFN7O. The van der Waals surface area contributed by atoms with E-state index in [1.54, 1.807) is 12.3 Å². The van der Waals surface area contributed by atoms with Gasteiger partial charge < -0.3 is 26.1 Å². The standard InChI is InChI=1S/C16H17ClFN7O/c1-19-6-7-21-16-23-13-10(4-5-20-15(13)24-16)14(25-26)22-9-2-3-12(18)11(17)8-9/h2-5,8,19,26H,6-7H2,1H3,(H,22,25)(H2,20,21,23,24). The number of fused-ring (bicyclic) bond motifs is 1. The molecule has 0 bridgehead atoms. The molecule has 8 nitrogen and oxygen atoms in total. The number of nitrogens with one attached hydrogen (secondary N) is 4. The highest BCUT2D eigenvalue weighted by Gasteiger charge is 2.14. The minimum absolute atomic E-state index is 0.0373. The Morgan fingerprint density at radius 1 is 1.35 bits per heavy atom. The zero-order chi connectivity index (χ0) is 18.5. The van der Waals surface area contributed by atoms with Crippen LogP contribution in [0.1, 0.15) is 5.56 Å². The number of hydrogen-bond donors (Lipinski definition) is 5. The average Bonchev–Trinajstić information content (AvgIpc) is 3.06. The summed E-state index contributed by atoms with van der Waals surface area (Å²) in [6.45, 7) is 1.45. The maximum atomic E-state index is 13.3. The molecule has 136 valence electrons. The summed E-state index contributed by atoms with van der Waals surface area (Å²) in [6.07, 6.45) is 1.56. The second kappa shape index (κ2) is 7.98. The lowest BCUT2D eigenvalue weighted by Crippen LogP contribution is -2.18. The van der Waals surface area contributed by atoms with Gasteiger partial charge in [0.2, 0.25) is 5.95 Å². The molecule has 0 unspecified atom stereocenters. The van der Waals surface area contributed by atoms with E-state index in [9.17, 15) is 9.60 Å². The van der Waals surface area contributed by atoms with E-state index in [0.717, 1.165) is 6.54 Å². The van der Waals surface area contributed by atoms with Crippen molar-refractivity contribution in [3.05, 3.63) is 46.9 Å². The zero-order valence-electron chi connectivity index (χ0n) is 13.8. The molecule has 0 aliphatic rings. The smallest absolute Gasteiger partial charge is 0.202 e. The third-order valence-electron chi connectivity index (χ3n) is 3.60. The summed E-state index contributed by atoms with van der Waals surface area (Å²) in [5.74, 6) is 0.166. The van der Waals surface area contributed by atoms with Gasteiger partial charge in [0.1, 0.15) is 5.82 Å². The Kier molecular flexibility index (Phi) is 5.49. The number of likely N-dealkylation sites (N-methyl/N-ethyl adjacent to an activating group) is 1. The van der Waals surface area contributed by atoms with Crippen molar-refractivity contribution in [2.24, 2.45) is 5.16 Å². The largest absolute Gasteiger partial charge is 0.409 e. The zero-order valence-corrected chi connectivity index (χ0v) is 14.6. The van der Waals surface area contributed by atoms with Crippen LogP contribution < -0.4 is 16.0 Å². The first-order valence-electron chi connectivity index (χ1n) is 7.80. The van der Waals surface area contributed by atoms with Crippen LogP contribution in [-0.4, -0.2) is 46.1 Å². The molecule has 0 radical (unpaired) electrons. The Morgan fingerprint density at radius 2 is 2.19 bits per heavy atom. The van der Waals surface area contributed by atoms with Gasteiger partial charge >= 0.3 is 0 Å². The molecule has 3 aromatic rings. The quantitative estimate of drug-likeness (QED) is 0.148. The number of H-pyrrole nitrogens is 1. The van der Waals surface area contributed by atoms with E-state index < -0.39 is 5.82 Å². The van der Waals surface area contributed by atoms with Gasteiger partial charge in [-0.25, -0.2) is 9.37 Å². The topological polar surface area (TPSA) is 110 Å². The highest BCUT2D eigenvalue weighted by Crippen LogP contribution is 2.22. The summed E-state index contributed by atoms with van der Waals surface area (Å²) in [6, 6.07) is 5.79. The van der Waals surface area contributed by atoms with Crippen LogP contribution in [0.2, 0.25) is 5.02 Å². The summed E-state index contributed by atoms with van der Waals surface area (Å²) in [4.78, 5) is 11.7. The molecule has 0 spiro atoms. The molecule has 2 heterocycles. The fraction of sp³-hybridized carbons (Fsp3) is 0.188. The molecule has 10 heteroatoms. The minimum Gasteiger partial charge on any atom is -0.409 e. The van der Waals surface area contributed by atoms with Crippen LogP contribution in [0.25, 0.3) is 11.2 Å². The number of benzene rings is 1. The highest BCUT2D eigenvalue weighted by molar-refractivity contribution is 6.31. The van der Waals surface area contributed by atoms with Gasteiger partial charge in [-0.05, 0) is 31.3 Å². The predicted molar refractivity (Wildman–Crippen MR) is 99.7 cm³/mol. The molecule has 2 aromatic heterocycles. The van der Waals surface area contributed by atoms with Crippen molar-refractivity contribution in [3.63, 3.8) is 0 Å². The van der Waals surface area contributed by atoms with E-state index in [2.05, 4.69) is 36.1 Å². The lowest BCUT2D eigenvalue weighted by molar-refractivity contribution is 0.319. The number of pyridine rings is 1. The first-order chi connectivity index (χ1) is 12.6. The first kappa shape index (κ1) is 17.9. The molecule has 0 saturated carbocycles. The molecule has 0 aliphatic heterocycles. The van der Waals surface area contributed by atoms with Gasteiger partial charge in [-0.15, -0.1) is 0 Å². The van der Waals surface area contributed by atoms with Crippen LogP contribution >= 0.6 is 11.6 Å². The van der Waals surface area contributed by atoms with Gasteiger partial charge in [0, 0.05) is 30.5 Å². The molecule has 0 saturated heterocycles. The van der Waals surface area contributed by atoms with Gasteiger partial charge in [-0.3, -0.25) is 0 Å². The van der Waals surface area contributed by atoms with E-state index in [-0.39, 0.29) is 10.9 Å². The number of oxime groups is 1. The van der Waals surface area contributed by atoms with Gasteiger partial charge in [0.25, 0.3) is 0 Å². The number of halogens is 2. The van der Waals surface area contributed by atoms with Crippen LogP contribution in [0.4, 0.5) is 16.0 Å². The number of aromatic nitrogens is 3. The molecular weight excluding hydrogens is 361 g/mol. The maximum absolute atomic E-state index is 13.3.